The average molecular weight is 145 g/mol. The maximum atomic E-state index is 4.99. The van der Waals surface area contributed by atoms with Crippen LogP contribution in [0.2, 0.25) is 0 Å². The van der Waals surface area contributed by atoms with Crippen molar-refractivity contribution in [1.29, 1.82) is 0 Å². The normalized spacial score (nSPS) is 24.5. The molecule has 3 heteroatoms. The second-order valence-corrected chi connectivity index (χ2v) is 3.72. The van der Waals surface area contributed by atoms with Gasteiger partial charge in [-0.2, -0.15) is 0 Å². The Bertz CT molecular complexity index is 149. The van der Waals surface area contributed by atoms with Crippen molar-refractivity contribution in [3.8, 4) is 0 Å². The van der Waals surface area contributed by atoms with Crippen LogP contribution in [0, 0.1) is 0 Å². The topological polar surface area (TPSA) is 12.4 Å². The van der Waals surface area contributed by atoms with E-state index in [4.69, 9.17) is 12.2 Å². The SMILES string of the molecule is CC1(C)N=CSC1=S. The molecule has 1 aliphatic heterocycles. The fourth-order valence-electron chi connectivity index (χ4n) is 0.403. The standard InChI is InChI=1S/C5H7NS2/c1-5(2)4(7)8-3-6-5/h3H,1-2H3. The molecule has 0 radical (unpaired) electrons. The highest BCUT2D eigenvalue weighted by atomic mass is 32.2. The molecule has 0 saturated carbocycles. The number of thioether (sulfide) groups is 1. The van der Waals surface area contributed by atoms with Gasteiger partial charge in [-0.3, -0.25) is 4.99 Å². The zero-order valence-corrected chi connectivity index (χ0v) is 6.47. The first-order valence-electron chi connectivity index (χ1n) is 2.38. The molecule has 0 saturated heterocycles. The minimum Gasteiger partial charge on any atom is -0.274 e. The van der Waals surface area contributed by atoms with Gasteiger partial charge in [-0.15, -0.1) is 0 Å². The zero-order valence-electron chi connectivity index (χ0n) is 4.84. The summed E-state index contributed by atoms with van der Waals surface area (Å²) in [4.78, 5) is 4.15. The van der Waals surface area contributed by atoms with Crippen molar-refractivity contribution in [3.63, 3.8) is 0 Å². The van der Waals surface area contributed by atoms with E-state index < -0.39 is 0 Å². The predicted octanol–water partition coefficient (Wildman–Crippen LogP) is 1.87. The summed E-state index contributed by atoms with van der Waals surface area (Å²) in [6.07, 6.45) is 0. The number of thiocarbonyl (C=S) groups is 1. The lowest BCUT2D eigenvalue weighted by Crippen LogP contribution is -2.20. The van der Waals surface area contributed by atoms with Crippen LogP contribution in [0.25, 0.3) is 0 Å². The van der Waals surface area contributed by atoms with Crippen LogP contribution in [0.1, 0.15) is 13.8 Å². The van der Waals surface area contributed by atoms with E-state index in [9.17, 15) is 0 Å². The van der Waals surface area contributed by atoms with Crippen LogP contribution in [0.4, 0.5) is 0 Å². The van der Waals surface area contributed by atoms with E-state index in [2.05, 4.69) is 4.99 Å². The Balaban J connectivity index is 2.82. The summed E-state index contributed by atoms with van der Waals surface area (Å²) < 4.78 is 0.970. The highest BCUT2D eigenvalue weighted by molar-refractivity contribution is 8.32. The predicted molar refractivity (Wildman–Crippen MR) is 42.8 cm³/mol. The molecule has 0 aromatic heterocycles. The van der Waals surface area contributed by atoms with Crippen molar-refractivity contribution in [3.05, 3.63) is 0 Å². The third-order valence-corrected chi connectivity index (χ3v) is 2.75. The van der Waals surface area contributed by atoms with Crippen molar-refractivity contribution in [2.24, 2.45) is 4.99 Å². The molecule has 0 bridgehead atoms. The summed E-state index contributed by atoms with van der Waals surface area (Å²) in [6.45, 7) is 4.04. The van der Waals surface area contributed by atoms with Gasteiger partial charge in [-0.1, -0.05) is 24.0 Å². The largest absolute Gasteiger partial charge is 0.274 e. The second-order valence-electron chi connectivity index (χ2n) is 2.20. The number of hydrogen-bond donors (Lipinski definition) is 0. The summed E-state index contributed by atoms with van der Waals surface area (Å²) in [7, 11) is 0. The maximum Gasteiger partial charge on any atom is 0.0970 e. The van der Waals surface area contributed by atoms with Gasteiger partial charge in [0.15, 0.2) is 0 Å². The van der Waals surface area contributed by atoms with Gasteiger partial charge in [0.1, 0.15) is 0 Å². The first-order chi connectivity index (χ1) is 3.63. The smallest absolute Gasteiger partial charge is 0.0970 e. The molecular weight excluding hydrogens is 138 g/mol. The Morgan fingerprint density at radius 1 is 1.75 bits per heavy atom. The Morgan fingerprint density at radius 3 is 2.50 bits per heavy atom. The van der Waals surface area contributed by atoms with Crippen molar-refractivity contribution in [1.82, 2.24) is 0 Å². The molecule has 0 unspecified atom stereocenters. The summed E-state index contributed by atoms with van der Waals surface area (Å²) in [5.74, 6) is 0. The van der Waals surface area contributed by atoms with Gasteiger partial charge >= 0.3 is 0 Å². The quantitative estimate of drug-likeness (QED) is 0.482. The summed E-state index contributed by atoms with van der Waals surface area (Å²) in [5, 5.41) is 0. The van der Waals surface area contributed by atoms with Crippen LogP contribution in [0.5, 0.6) is 0 Å². The van der Waals surface area contributed by atoms with Gasteiger partial charge in [-0.25, -0.2) is 0 Å². The first-order valence-corrected chi connectivity index (χ1v) is 3.66. The van der Waals surface area contributed by atoms with Crippen LogP contribution >= 0.6 is 24.0 Å². The fourth-order valence-corrected chi connectivity index (χ4v) is 1.34. The Labute approximate surface area is 58.6 Å². The minimum absolute atomic E-state index is 0.0833. The number of nitrogens with zero attached hydrogens (tertiary/aromatic N) is 1. The van der Waals surface area contributed by atoms with E-state index in [0.29, 0.717) is 0 Å². The Morgan fingerprint density at radius 2 is 2.38 bits per heavy atom. The summed E-state index contributed by atoms with van der Waals surface area (Å²) >= 11 is 6.54. The Kier molecular flexibility index (Phi) is 1.41. The molecule has 0 amide bonds. The van der Waals surface area contributed by atoms with E-state index >= 15 is 0 Å². The molecule has 0 atom stereocenters. The van der Waals surface area contributed by atoms with E-state index in [1.165, 1.54) is 0 Å². The lowest BCUT2D eigenvalue weighted by Gasteiger charge is -2.10. The van der Waals surface area contributed by atoms with E-state index in [0.717, 1.165) is 4.20 Å². The second kappa shape index (κ2) is 1.81. The molecule has 8 heavy (non-hydrogen) atoms. The minimum atomic E-state index is -0.0833. The van der Waals surface area contributed by atoms with E-state index in [1.54, 1.807) is 11.8 Å². The average Bonchev–Trinajstić information content (AvgIpc) is 1.86. The number of aliphatic imine (C=N–C) groups is 1. The molecular formula is C5H7NS2. The molecule has 0 spiro atoms. The van der Waals surface area contributed by atoms with Crippen LogP contribution in [0.3, 0.4) is 0 Å². The molecule has 0 fully saturated rings. The van der Waals surface area contributed by atoms with Crippen LogP contribution in [-0.2, 0) is 0 Å². The zero-order chi connectivity index (χ0) is 6.20. The van der Waals surface area contributed by atoms with E-state index in [-0.39, 0.29) is 5.54 Å². The van der Waals surface area contributed by atoms with Gasteiger partial charge in [0, 0.05) is 0 Å². The molecule has 1 rings (SSSR count). The molecule has 1 nitrogen and oxygen atoms in total. The molecule has 44 valence electrons. The van der Waals surface area contributed by atoms with Crippen LogP contribution in [0.15, 0.2) is 4.99 Å². The third kappa shape index (κ3) is 0.928. The van der Waals surface area contributed by atoms with E-state index in [1.807, 2.05) is 19.4 Å². The molecule has 0 aliphatic carbocycles. The maximum absolute atomic E-state index is 4.99. The lowest BCUT2D eigenvalue weighted by molar-refractivity contribution is 0.731. The summed E-state index contributed by atoms with van der Waals surface area (Å²) in [5.41, 5.74) is 1.72. The van der Waals surface area contributed by atoms with Gasteiger partial charge in [0.2, 0.25) is 0 Å². The van der Waals surface area contributed by atoms with Gasteiger partial charge < -0.3 is 0 Å². The Hall–Kier alpha value is 0.110. The van der Waals surface area contributed by atoms with Crippen molar-refractivity contribution < 1.29 is 0 Å². The number of hydrogen-bond acceptors (Lipinski definition) is 3. The third-order valence-electron chi connectivity index (χ3n) is 1.03. The molecule has 1 aliphatic rings. The molecule has 0 N–H and O–H groups in total. The first kappa shape index (κ1) is 6.23. The van der Waals surface area contributed by atoms with Crippen molar-refractivity contribution >= 4 is 33.7 Å². The van der Waals surface area contributed by atoms with Crippen LogP contribution < -0.4 is 0 Å². The van der Waals surface area contributed by atoms with Crippen molar-refractivity contribution in [2.75, 3.05) is 0 Å². The van der Waals surface area contributed by atoms with Gasteiger partial charge in [0.25, 0.3) is 0 Å². The molecule has 0 aromatic carbocycles. The fraction of sp³-hybridized carbons (Fsp3) is 0.600. The highest BCUT2D eigenvalue weighted by Crippen LogP contribution is 2.25. The van der Waals surface area contributed by atoms with Gasteiger partial charge in [-0.05, 0) is 13.8 Å². The molecule has 0 aromatic rings. The van der Waals surface area contributed by atoms with Crippen LogP contribution in [-0.4, -0.2) is 15.3 Å². The van der Waals surface area contributed by atoms with Gasteiger partial charge in [0.05, 0.1) is 15.3 Å². The monoisotopic (exact) mass is 145 g/mol. The number of rotatable bonds is 0. The molecule has 1 heterocycles. The highest BCUT2D eigenvalue weighted by Gasteiger charge is 2.25. The lowest BCUT2D eigenvalue weighted by atomic mass is 10.1. The van der Waals surface area contributed by atoms with Crippen molar-refractivity contribution in [2.45, 2.75) is 19.4 Å². The summed E-state index contributed by atoms with van der Waals surface area (Å²) in [6, 6.07) is 0.